The number of fused-ring (bicyclic) bond motifs is 1. The van der Waals surface area contributed by atoms with Crippen LogP contribution in [-0.2, 0) is 4.79 Å². The molecule has 0 atom stereocenters. The minimum absolute atomic E-state index is 0.167. The smallest absolute Gasteiger partial charge is 0.251 e. The van der Waals surface area contributed by atoms with Gasteiger partial charge in [0.2, 0.25) is 5.91 Å². The van der Waals surface area contributed by atoms with Gasteiger partial charge in [-0.2, -0.15) is 0 Å². The number of aromatic nitrogens is 1. The van der Waals surface area contributed by atoms with Gasteiger partial charge in [0.25, 0.3) is 5.91 Å². The molecule has 0 aliphatic heterocycles. The van der Waals surface area contributed by atoms with E-state index < -0.39 is 0 Å². The zero-order valence-electron chi connectivity index (χ0n) is 17.8. The Labute approximate surface area is 190 Å². The number of anilines is 1. The quantitative estimate of drug-likeness (QED) is 0.418. The predicted octanol–water partition coefficient (Wildman–Crippen LogP) is 5.04. The van der Waals surface area contributed by atoms with Crippen molar-refractivity contribution in [3.05, 3.63) is 77.9 Å². The maximum Gasteiger partial charge on any atom is 0.251 e. The molecule has 0 radical (unpaired) electrons. The minimum Gasteiger partial charge on any atom is -0.497 e. The molecule has 1 heterocycles. The number of thiazole rings is 1. The van der Waals surface area contributed by atoms with E-state index >= 15 is 0 Å². The van der Waals surface area contributed by atoms with Crippen molar-refractivity contribution >= 4 is 39.1 Å². The van der Waals surface area contributed by atoms with Crippen molar-refractivity contribution in [3.63, 3.8) is 0 Å². The summed E-state index contributed by atoms with van der Waals surface area (Å²) < 4.78 is 6.28. The lowest BCUT2D eigenvalue weighted by Gasteiger charge is -2.08. The maximum atomic E-state index is 12.2. The van der Waals surface area contributed by atoms with Crippen LogP contribution in [0.3, 0.4) is 0 Å². The Bertz CT molecular complexity index is 1270. The lowest BCUT2D eigenvalue weighted by Crippen LogP contribution is -2.27. The molecule has 0 aliphatic carbocycles. The van der Waals surface area contributed by atoms with Gasteiger partial charge in [0.1, 0.15) is 10.8 Å². The summed E-state index contributed by atoms with van der Waals surface area (Å²) >= 11 is 1.65. The van der Waals surface area contributed by atoms with Crippen LogP contribution in [0.1, 0.15) is 22.3 Å². The molecule has 1 aromatic heterocycles. The second kappa shape index (κ2) is 9.62. The normalized spacial score (nSPS) is 10.7. The first-order valence-electron chi connectivity index (χ1n) is 10.2. The maximum absolute atomic E-state index is 12.2. The highest BCUT2D eigenvalue weighted by atomic mass is 32.1. The number of hydrogen-bond acceptors (Lipinski definition) is 5. The molecular formula is C25H23N3O3S. The SMILES string of the molecule is COc1cccc(C(=O)NCCC(=O)Nc2ccc(-c3nc4ccc(C)cc4s3)cc2)c1. The third kappa shape index (κ3) is 5.12. The largest absolute Gasteiger partial charge is 0.497 e. The van der Waals surface area contributed by atoms with Crippen LogP contribution in [-0.4, -0.2) is 30.5 Å². The summed E-state index contributed by atoms with van der Waals surface area (Å²) in [6.07, 6.45) is 0.175. The number of nitrogens with zero attached hydrogens (tertiary/aromatic N) is 1. The number of nitrogens with one attached hydrogen (secondary N) is 2. The Balaban J connectivity index is 1.30. The molecule has 6 nitrogen and oxygen atoms in total. The van der Waals surface area contributed by atoms with E-state index in [4.69, 9.17) is 9.72 Å². The topological polar surface area (TPSA) is 80.3 Å². The number of carbonyl (C=O) groups is 2. The van der Waals surface area contributed by atoms with Gasteiger partial charge in [0, 0.05) is 29.8 Å². The molecule has 2 N–H and O–H groups in total. The monoisotopic (exact) mass is 445 g/mol. The number of aryl methyl sites for hydroxylation is 1. The lowest BCUT2D eigenvalue weighted by atomic mass is 10.2. The average Bonchev–Trinajstić information content (AvgIpc) is 3.22. The van der Waals surface area contributed by atoms with E-state index in [1.165, 1.54) is 5.56 Å². The first kappa shape index (κ1) is 21.5. The van der Waals surface area contributed by atoms with Crippen molar-refractivity contribution in [3.8, 4) is 16.3 Å². The van der Waals surface area contributed by atoms with E-state index in [1.807, 2.05) is 30.3 Å². The molecule has 7 heteroatoms. The molecular weight excluding hydrogens is 422 g/mol. The van der Waals surface area contributed by atoms with Crippen molar-refractivity contribution in [1.29, 1.82) is 0 Å². The Morgan fingerprint density at radius 3 is 2.62 bits per heavy atom. The second-order valence-corrected chi connectivity index (χ2v) is 8.38. The van der Waals surface area contributed by atoms with Crippen LogP contribution in [0.25, 0.3) is 20.8 Å². The molecule has 32 heavy (non-hydrogen) atoms. The van der Waals surface area contributed by atoms with Crippen molar-refractivity contribution < 1.29 is 14.3 Å². The van der Waals surface area contributed by atoms with E-state index in [0.717, 1.165) is 20.8 Å². The fraction of sp³-hybridized carbons (Fsp3) is 0.160. The molecule has 0 saturated carbocycles. The van der Waals surface area contributed by atoms with E-state index in [1.54, 1.807) is 42.7 Å². The van der Waals surface area contributed by atoms with Gasteiger partial charge >= 0.3 is 0 Å². The van der Waals surface area contributed by atoms with Crippen molar-refractivity contribution in [2.24, 2.45) is 0 Å². The summed E-state index contributed by atoms with van der Waals surface area (Å²) in [4.78, 5) is 29.1. The number of methoxy groups -OCH3 is 1. The summed E-state index contributed by atoms with van der Waals surface area (Å²) in [5.41, 5.74) is 4.40. The first-order chi connectivity index (χ1) is 15.5. The van der Waals surface area contributed by atoms with Crippen LogP contribution in [0, 0.1) is 6.92 Å². The van der Waals surface area contributed by atoms with Crippen LogP contribution in [0.15, 0.2) is 66.7 Å². The average molecular weight is 446 g/mol. The molecule has 0 aliphatic rings. The van der Waals surface area contributed by atoms with Gasteiger partial charge in [0.05, 0.1) is 17.3 Å². The van der Waals surface area contributed by atoms with Gasteiger partial charge in [-0.15, -0.1) is 11.3 Å². The number of hydrogen-bond donors (Lipinski definition) is 2. The highest BCUT2D eigenvalue weighted by Crippen LogP contribution is 2.31. The zero-order chi connectivity index (χ0) is 22.5. The highest BCUT2D eigenvalue weighted by Gasteiger charge is 2.09. The first-order valence-corrected chi connectivity index (χ1v) is 11.0. The van der Waals surface area contributed by atoms with Crippen molar-refractivity contribution in [1.82, 2.24) is 10.3 Å². The molecule has 3 aromatic carbocycles. The minimum atomic E-state index is -0.243. The van der Waals surface area contributed by atoms with E-state index in [0.29, 0.717) is 17.0 Å². The Morgan fingerprint density at radius 2 is 1.84 bits per heavy atom. The van der Waals surface area contributed by atoms with Crippen molar-refractivity contribution in [2.75, 3.05) is 19.0 Å². The van der Waals surface area contributed by atoms with Gasteiger partial charge in [-0.1, -0.05) is 12.1 Å². The van der Waals surface area contributed by atoms with Crippen LogP contribution < -0.4 is 15.4 Å². The molecule has 0 saturated heterocycles. The van der Waals surface area contributed by atoms with Crippen LogP contribution >= 0.6 is 11.3 Å². The highest BCUT2D eigenvalue weighted by molar-refractivity contribution is 7.21. The molecule has 4 aromatic rings. The number of rotatable bonds is 7. The second-order valence-electron chi connectivity index (χ2n) is 7.35. The van der Waals surface area contributed by atoms with Gasteiger partial charge < -0.3 is 15.4 Å². The number of amides is 2. The number of ether oxygens (including phenoxy) is 1. The third-order valence-corrected chi connectivity index (χ3v) is 6.00. The van der Waals surface area contributed by atoms with Crippen LogP contribution in [0.4, 0.5) is 5.69 Å². The Kier molecular flexibility index (Phi) is 6.47. The fourth-order valence-electron chi connectivity index (χ4n) is 3.23. The Morgan fingerprint density at radius 1 is 1.03 bits per heavy atom. The van der Waals surface area contributed by atoms with Crippen LogP contribution in [0.5, 0.6) is 5.75 Å². The molecule has 4 rings (SSSR count). The molecule has 2 amide bonds. The molecule has 0 unspecified atom stereocenters. The van der Waals surface area contributed by atoms with E-state index in [9.17, 15) is 9.59 Å². The standard InChI is InChI=1S/C25H23N3O3S/c1-16-6-11-21-22(14-16)32-25(28-21)17-7-9-19(10-8-17)27-23(29)12-13-26-24(30)18-4-3-5-20(15-18)31-2/h3-11,14-15H,12-13H2,1-2H3,(H,26,30)(H,27,29). The third-order valence-electron chi connectivity index (χ3n) is 4.93. The van der Waals surface area contributed by atoms with Crippen LogP contribution in [0.2, 0.25) is 0 Å². The summed E-state index contributed by atoms with van der Waals surface area (Å²) in [6, 6.07) is 20.7. The van der Waals surface area contributed by atoms with E-state index in [2.05, 4.69) is 29.7 Å². The summed E-state index contributed by atoms with van der Waals surface area (Å²) in [6.45, 7) is 2.31. The van der Waals surface area contributed by atoms with Gasteiger partial charge in [0.15, 0.2) is 0 Å². The predicted molar refractivity (Wildman–Crippen MR) is 128 cm³/mol. The summed E-state index contributed by atoms with van der Waals surface area (Å²) in [7, 11) is 1.55. The molecule has 162 valence electrons. The van der Waals surface area contributed by atoms with Gasteiger partial charge in [-0.05, 0) is 67.1 Å². The lowest BCUT2D eigenvalue weighted by molar-refractivity contribution is -0.116. The van der Waals surface area contributed by atoms with Crippen molar-refractivity contribution in [2.45, 2.75) is 13.3 Å². The fourth-order valence-corrected chi connectivity index (χ4v) is 4.30. The van der Waals surface area contributed by atoms with E-state index in [-0.39, 0.29) is 24.8 Å². The zero-order valence-corrected chi connectivity index (χ0v) is 18.7. The molecule has 0 bridgehead atoms. The molecule has 0 fully saturated rings. The Hall–Kier alpha value is -3.71. The molecule has 0 spiro atoms. The van der Waals surface area contributed by atoms with Gasteiger partial charge in [-0.25, -0.2) is 4.98 Å². The number of benzene rings is 3. The van der Waals surface area contributed by atoms with Gasteiger partial charge in [-0.3, -0.25) is 9.59 Å². The number of carbonyl (C=O) groups excluding carboxylic acids is 2. The summed E-state index contributed by atoms with van der Waals surface area (Å²) in [5.74, 6) is 0.200. The summed E-state index contributed by atoms with van der Waals surface area (Å²) in [5, 5.41) is 6.56.